The standard InChI is InChI=1S/C24H19N5O3/c30-23-21-20(28-29-22(21)26-14-27-23)11-5-6-12-25-24(31)32-13-19-17-9-3-1-7-15(17)16-8-2-4-10-18(16)19/h1-4,7-10,14,19H,6,12-13H2,(H,25,31)(H2,26,27,28,29,30). The third kappa shape index (κ3) is 3.61. The van der Waals surface area contributed by atoms with Crippen molar-refractivity contribution in [2.24, 2.45) is 0 Å². The number of rotatable bonds is 4. The minimum absolute atomic E-state index is 0.0216. The van der Waals surface area contributed by atoms with Crippen molar-refractivity contribution in [3.05, 3.63) is 82.0 Å². The zero-order valence-electron chi connectivity index (χ0n) is 17.0. The lowest BCUT2D eigenvalue weighted by molar-refractivity contribution is 0.143. The van der Waals surface area contributed by atoms with Crippen molar-refractivity contribution < 1.29 is 9.53 Å². The van der Waals surface area contributed by atoms with Gasteiger partial charge in [0, 0.05) is 18.9 Å². The van der Waals surface area contributed by atoms with Crippen LogP contribution >= 0.6 is 0 Å². The molecule has 2 aromatic heterocycles. The maximum absolute atomic E-state index is 12.2. The van der Waals surface area contributed by atoms with Gasteiger partial charge < -0.3 is 15.0 Å². The van der Waals surface area contributed by atoms with Gasteiger partial charge in [0.2, 0.25) is 0 Å². The van der Waals surface area contributed by atoms with Gasteiger partial charge in [0.25, 0.3) is 5.56 Å². The van der Waals surface area contributed by atoms with Gasteiger partial charge in [-0.1, -0.05) is 54.5 Å². The van der Waals surface area contributed by atoms with E-state index in [1.165, 1.54) is 28.6 Å². The quantitative estimate of drug-likeness (QED) is 0.344. The van der Waals surface area contributed by atoms with Gasteiger partial charge in [-0.25, -0.2) is 9.78 Å². The Morgan fingerprint density at radius 3 is 2.56 bits per heavy atom. The lowest BCUT2D eigenvalue weighted by atomic mass is 9.98. The van der Waals surface area contributed by atoms with E-state index in [-0.39, 0.29) is 18.1 Å². The number of nitrogens with zero attached hydrogens (tertiary/aromatic N) is 2. The Morgan fingerprint density at radius 1 is 1.09 bits per heavy atom. The van der Waals surface area contributed by atoms with E-state index in [4.69, 9.17) is 4.74 Å². The SMILES string of the molecule is O=C(NCCC#Cc1[nH]nc2nc[nH]c(=O)c12)OCC1c2ccccc2-c2ccccc21. The van der Waals surface area contributed by atoms with Gasteiger partial charge in [0.1, 0.15) is 17.7 Å². The highest BCUT2D eigenvalue weighted by molar-refractivity contribution is 5.80. The number of aromatic nitrogens is 4. The van der Waals surface area contributed by atoms with Crippen LogP contribution in [0.3, 0.4) is 0 Å². The predicted octanol–water partition coefficient (Wildman–Crippen LogP) is 2.93. The highest BCUT2D eigenvalue weighted by Crippen LogP contribution is 2.44. The molecule has 4 aromatic rings. The molecule has 8 nitrogen and oxygen atoms in total. The van der Waals surface area contributed by atoms with Gasteiger partial charge in [0.05, 0.1) is 6.33 Å². The van der Waals surface area contributed by atoms with E-state index in [1.807, 2.05) is 24.3 Å². The summed E-state index contributed by atoms with van der Waals surface area (Å²) in [5.41, 5.74) is 5.13. The zero-order chi connectivity index (χ0) is 21.9. The molecule has 0 bridgehead atoms. The fourth-order valence-corrected chi connectivity index (χ4v) is 3.98. The van der Waals surface area contributed by atoms with Gasteiger partial charge in [-0.3, -0.25) is 9.89 Å². The highest BCUT2D eigenvalue weighted by Gasteiger charge is 2.28. The van der Waals surface area contributed by atoms with Crippen molar-refractivity contribution in [1.29, 1.82) is 0 Å². The maximum Gasteiger partial charge on any atom is 0.407 e. The first kappa shape index (κ1) is 19.6. The fourth-order valence-electron chi connectivity index (χ4n) is 3.98. The van der Waals surface area contributed by atoms with Crippen LogP contribution in [0.15, 0.2) is 59.7 Å². The van der Waals surface area contributed by atoms with Crippen molar-refractivity contribution in [3.8, 4) is 23.0 Å². The maximum atomic E-state index is 12.2. The van der Waals surface area contributed by atoms with Crippen molar-refractivity contribution in [1.82, 2.24) is 25.5 Å². The molecule has 0 atom stereocenters. The number of hydrogen-bond acceptors (Lipinski definition) is 5. The Kier molecular flexibility index (Phi) is 5.14. The average Bonchev–Trinajstić information content (AvgIpc) is 3.37. The van der Waals surface area contributed by atoms with Gasteiger partial charge in [-0.15, -0.1) is 0 Å². The molecule has 0 saturated carbocycles. The molecule has 0 unspecified atom stereocenters. The Balaban J connectivity index is 1.16. The number of H-pyrrole nitrogens is 2. The van der Waals surface area contributed by atoms with E-state index in [2.05, 4.69) is 61.6 Å². The number of carbonyl (C=O) groups is 1. The molecule has 2 aromatic carbocycles. The van der Waals surface area contributed by atoms with E-state index >= 15 is 0 Å². The molecule has 0 radical (unpaired) electrons. The number of amides is 1. The Labute approximate surface area is 183 Å². The average molecular weight is 425 g/mol. The van der Waals surface area contributed by atoms with Crippen LogP contribution in [0, 0.1) is 11.8 Å². The molecule has 158 valence electrons. The largest absolute Gasteiger partial charge is 0.449 e. The molecule has 0 aliphatic heterocycles. The second kappa shape index (κ2) is 8.40. The molecule has 32 heavy (non-hydrogen) atoms. The number of carbonyl (C=O) groups excluding carboxylic acids is 1. The van der Waals surface area contributed by atoms with Crippen molar-refractivity contribution in [2.45, 2.75) is 12.3 Å². The van der Waals surface area contributed by atoms with E-state index in [0.29, 0.717) is 29.7 Å². The van der Waals surface area contributed by atoms with Gasteiger partial charge >= 0.3 is 6.09 Å². The van der Waals surface area contributed by atoms with E-state index in [9.17, 15) is 9.59 Å². The summed E-state index contributed by atoms with van der Waals surface area (Å²) in [5, 5.41) is 9.69. The first-order valence-corrected chi connectivity index (χ1v) is 10.2. The summed E-state index contributed by atoms with van der Waals surface area (Å²) in [5.74, 6) is 5.80. The first-order chi connectivity index (χ1) is 15.7. The number of benzene rings is 2. The summed E-state index contributed by atoms with van der Waals surface area (Å²) in [6.07, 6.45) is 1.20. The van der Waals surface area contributed by atoms with Crippen LogP contribution in [0.1, 0.15) is 29.2 Å². The summed E-state index contributed by atoms with van der Waals surface area (Å²) < 4.78 is 5.50. The molecular formula is C24H19N5O3. The monoisotopic (exact) mass is 425 g/mol. The zero-order valence-corrected chi connectivity index (χ0v) is 17.0. The fraction of sp³-hybridized carbons (Fsp3) is 0.167. The second-order valence-electron chi connectivity index (χ2n) is 7.33. The van der Waals surface area contributed by atoms with E-state index in [1.54, 1.807) is 0 Å². The Hall–Kier alpha value is -4.38. The molecular weight excluding hydrogens is 406 g/mol. The molecule has 5 rings (SSSR count). The Bertz CT molecular complexity index is 1380. The van der Waals surface area contributed by atoms with Crippen molar-refractivity contribution in [2.75, 3.05) is 13.2 Å². The molecule has 1 aliphatic rings. The summed E-state index contributed by atoms with van der Waals surface area (Å²) in [6, 6.07) is 16.4. The predicted molar refractivity (Wildman–Crippen MR) is 119 cm³/mol. The van der Waals surface area contributed by atoms with Crippen LogP contribution in [-0.4, -0.2) is 39.4 Å². The minimum Gasteiger partial charge on any atom is -0.449 e. The molecule has 2 heterocycles. The van der Waals surface area contributed by atoms with Crippen molar-refractivity contribution in [3.63, 3.8) is 0 Å². The number of aromatic amines is 2. The lowest BCUT2D eigenvalue weighted by Gasteiger charge is -2.14. The molecule has 0 fully saturated rings. The minimum atomic E-state index is -0.485. The summed E-state index contributed by atoms with van der Waals surface area (Å²) in [6.45, 7) is 0.589. The van der Waals surface area contributed by atoms with Crippen LogP contribution < -0.4 is 10.9 Å². The number of fused-ring (bicyclic) bond motifs is 4. The highest BCUT2D eigenvalue weighted by atomic mass is 16.5. The normalized spacial score (nSPS) is 12.0. The summed E-state index contributed by atoms with van der Waals surface area (Å²) in [7, 11) is 0. The van der Waals surface area contributed by atoms with Crippen molar-refractivity contribution >= 4 is 17.1 Å². The van der Waals surface area contributed by atoms with Gasteiger partial charge in [-0.05, 0) is 28.2 Å². The smallest absolute Gasteiger partial charge is 0.407 e. The summed E-state index contributed by atoms with van der Waals surface area (Å²) >= 11 is 0. The first-order valence-electron chi connectivity index (χ1n) is 10.2. The molecule has 8 heteroatoms. The van der Waals surface area contributed by atoms with Gasteiger partial charge in [0.15, 0.2) is 5.65 Å². The molecule has 0 saturated heterocycles. The number of alkyl carbamates (subject to hydrolysis) is 1. The second-order valence-corrected chi connectivity index (χ2v) is 7.33. The number of nitrogens with one attached hydrogen (secondary N) is 3. The molecule has 3 N–H and O–H groups in total. The van der Waals surface area contributed by atoms with Crippen LogP contribution in [0.25, 0.3) is 22.2 Å². The number of ether oxygens (including phenoxy) is 1. The third-order valence-corrected chi connectivity index (χ3v) is 5.43. The topological polar surface area (TPSA) is 113 Å². The molecule has 1 aliphatic carbocycles. The lowest BCUT2D eigenvalue weighted by Crippen LogP contribution is -2.26. The number of hydrogen-bond donors (Lipinski definition) is 3. The van der Waals surface area contributed by atoms with Crippen LogP contribution in [0.4, 0.5) is 4.79 Å². The van der Waals surface area contributed by atoms with Crippen LogP contribution in [-0.2, 0) is 4.74 Å². The van der Waals surface area contributed by atoms with Gasteiger partial charge in [-0.2, -0.15) is 5.10 Å². The third-order valence-electron chi connectivity index (χ3n) is 5.43. The molecule has 0 spiro atoms. The van der Waals surface area contributed by atoms with E-state index < -0.39 is 6.09 Å². The van der Waals surface area contributed by atoms with E-state index in [0.717, 1.165) is 0 Å². The van der Waals surface area contributed by atoms with Crippen LogP contribution in [0.2, 0.25) is 0 Å². The summed E-state index contributed by atoms with van der Waals surface area (Å²) in [4.78, 5) is 30.5. The van der Waals surface area contributed by atoms with Crippen LogP contribution in [0.5, 0.6) is 0 Å². The Morgan fingerprint density at radius 2 is 1.81 bits per heavy atom. The molecule has 1 amide bonds.